The lowest BCUT2D eigenvalue weighted by atomic mass is 9.92. The lowest BCUT2D eigenvalue weighted by Crippen LogP contribution is -1.93. The van der Waals surface area contributed by atoms with E-state index in [1.54, 1.807) is 36.4 Å². The fourth-order valence-electron chi connectivity index (χ4n) is 6.77. The van der Waals surface area contributed by atoms with Gasteiger partial charge in [0.25, 0.3) is 0 Å². The average molecular weight is 685 g/mol. The van der Waals surface area contributed by atoms with E-state index >= 15 is 0 Å². The smallest absolute Gasteiger partial charge is 0.0991 e. The molecule has 0 aliphatic heterocycles. The molecule has 0 N–H and O–H groups in total. The molecule has 6 heteroatoms. The second-order valence-electron chi connectivity index (χ2n) is 12.4. The van der Waals surface area contributed by atoms with Gasteiger partial charge in [-0.1, -0.05) is 72.8 Å². The molecule has 6 aromatic carbocycles. The Balaban J connectivity index is 1.77. The molecule has 6 aromatic rings. The Labute approximate surface area is 312 Å². The normalized spacial score (nSPS) is 11.1. The molecule has 0 radical (unpaired) electrons. The first-order valence-corrected chi connectivity index (χ1v) is 16.8. The van der Waals surface area contributed by atoms with E-state index in [1.807, 2.05) is 109 Å². The summed E-state index contributed by atoms with van der Waals surface area (Å²) >= 11 is 0. The topological polar surface area (TPSA) is 143 Å². The quantitative estimate of drug-likeness (QED) is 0.171. The predicted octanol–water partition coefficient (Wildman–Crippen LogP) is 9.74. The lowest BCUT2D eigenvalue weighted by molar-refractivity contribution is 1.44. The Hall–Kier alpha value is -8.52. The largest absolute Gasteiger partial charge is 0.192 e. The average Bonchev–Trinajstić information content (AvgIpc) is 3.93. The van der Waals surface area contributed by atoms with Crippen LogP contribution in [0.5, 0.6) is 0 Å². The number of nitrogens with zero attached hydrogens (tertiary/aromatic N) is 6. The minimum Gasteiger partial charge on any atom is -0.192 e. The SMILES string of the molecule is N#Cc1cccc(C(=C2C(=C(c3cccc(C#N)c3)c3cccc(C#N)c3)C2=C(c2cccc(C#N)c2)c2cccc(C#N)c2)c2cccc(C#N)c2)c1. The molecule has 0 unspecified atom stereocenters. The van der Waals surface area contributed by atoms with Gasteiger partial charge in [-0.25, -0.2) is 0 Å². The fourth-order valence-corrected chi connectivity index (χ4v) is 6.77. The van der Waals surface area contributed by atoms with Gasteiger partial charge in [-0.2, -0.15) is 31.6 Å². The zero-order chi connectivity index (χ0) is 37.6. The van der Waals surface area contributed by atoms with Crippen molar-refractivity contribution in [3.63, 3.8) is 0 Å². The molecule has 0 atom stereocenters. The maximum absolute atomic E-state index is 9.99. The van der Waals surface area contributed by atoms with Crippen LogP contribution in [0.2, 0.25) is 0 Å². The lowest BCUT2D eigenvalue weighted by Gasteiger charge is -2.11. The second kappa shape index (κ2) is 14.8. The van der Waals surface area contributed by atoms with Crippen LogP contribution in [0.4, 0.5) is 0 Å². The number of benzene rings is 6. The molecule has 0 bridgehead atoms. The van der Waals surface area contributed by atoms with Crippen molar-refractivity contribution in [2.24, 2.45) is 0 Å². The van der Waals surface area contributed by atoms with Crippen molar-refractivity contribution in [3.05, 3.63) is 229 Å². The van der Waals surface area contributed by atoms with Crippen molar-refractivity contribution in [2.45, 2.75) is 0 Å². The molecule has 7 rings (SSSR count). The molecular weight excluding hydrogens is 661 g/mol. The molecule has 1 aliphatic rings. The van der Waals surface area contributed by atoms with E-state index in [0.717, 1.165) is 66.8 Å². The van der Waals surface area contributed by atoms with Crippen molar-refractivity contribution in [2.75, 3.05) is 0 Å². The van der Waals surface area contributed by atoms with Crippen molar-refractivity contribution < 1.29 is 0 Å². The Morgan fingerprint density at radius 2 is 0.426 bits per heavy atom. The molecule has 0 saturated heterocycles. The van der Waals surface area contributed by atoms with Gasteiger partial charge in [0.05, 0.1) is 69.8 Å². The van der Waals surface area contributed by atoms with Crippen molar-refractivity contribution >= 4 is 16.7 Å². The van der Waals surface area contributed by atoms with Crippen molar-refractivity contribution in [1.29, 1.82) is 31.6 Å². The van der Waals surface area contributed by atoms with E-state index in [0.29, 0.717) is 33.4 Å². The van der Waals surface area contributed by atoms with Gasteiger partial charge in [0.2, 0.25) is 0 Å². The van der Waals surface area contributed by atoms with E-state index in [4.69, 9.17) is 0 Å². The first-order valence-electron chi connectivity index (χ1n) is 16.8. The van der Waals surface area contributed by atoms with E-state index < -0.39 is 0 Å². The molecule has 0 amide bonds. The van der Waals surface area contributed by atoms with Crippen LogP contribution in [0.1, 0.15) is 66.8 Å². The Morgan fingerprint density at radius 3 is 0.574 bits per heavy atom. The van der Waals surface area contributed by atoms with Gasteiger partial charge in [-0.3, -0.25) is 0 Å². The van der Waals surface area contributed by atoms with Crippen molar-refractivity contribution in [3.8, 4) is 36.4 Å². The van der Waals surface area contributed by atoms with Gasteiger partial charge in [-0.05, 0) is 140 Å². The summed E-state index contributed by atoms with van der Waals surface area (Å²) in [6, 6.07) is 57.3. The first kappa shape index (κ1) is 34.0. The molecule has 1 fully saturated rings. The number of allylic oxidation sites excluding steroid dienone is 3. The molecule has 0 spiro atoms. The molecule has 6 nitrogen and oxygen atoms in total. The highest BCUT2D eigenvalue weighted by Crippen LogP contribution is 2.59. The van der Waals surface area contributed by atoms with E-state index in [9.17, 15) is 31.6 Å². The molecule has 0 aromatic heterocycles. The summed E-state index contributed by atoms with van der Waals surface area (Å²) in [7, 11) is 0. The Kier molecular flexibility index (Phi) is 9.28. The molecule has 1 aliphatic carbocycles. The van der Waals surface area contributed by atoms with Gasteiger partial charge >= 0.3 is 0 Å². The summed E-state index contributed by atoms with van der Waals surface area (Å²) in [5.41, 5.74) is 11.8. The zero-order valence-electron chi connectivity index (χ0n) is 28.5. The van der Waals surface area contributed by atoms with Gasteiger partial charge in [-0.15, -0.1) is 0 Å². The van der Waals surface area contributed by atoms with Crippen LogP contribution >= 0.6 is 0 Å². The summed E-state index contributed by atoms with van der Waals surface area (Å²) in [4.78, 5) is 0. The minimum absolute atomic E-state index is 0.450. The molecule has 54 heavy (non-hydrogen) atoms. The van der Waals surface area contributed by atoms with E-state index in [1.165, 1.54) is 0 Å². The van der Waals surface area contributed by atoms with Crippen LogP contribution in [-0.2, 0) is 0 Å². The van der Waals surface area contributed by atoms with Crippen LogP contribution in [0.25, 0.3) is 16.7 Å². The maximum Gasteiger partial charge on any atom is 0.0991 e. The van der Waals surface area contributed by atoms with Gasteiger partial charge in [0.15, 0.2) is 0 Å². The van der Waals surface area contributed by atoms with E-state index in [2.05, 4.69) is 36.4 Å². The van der Waals surface area contributed by atoms with Crippen LogP contribution in [-0.4, -0.2) is 0 Å². The third-order valence-electron chi connectivity index (χ3n) is 9.12. The standard InChI is InChI=1S/C48H24N6/c49-25-31-7-1-13-37(19-31)43(38-14-2-8-32(20-38)26-50)46-47(44(39-15-3-9-33(21-39)27-51)40-16-4-10-34(22-40)28-52)48(46)45(41-17-5-11-35(23-41)29-53)42-18-6-12-36(24-42)30-54/h1-24H. The highest BCUT2D eigenvalue weighted by molar-refractivity contribution is 6.13. The molecular formula is C48H24N6. The van der Waals surface area contributed by atoms with Gasteiger partial charge in [0.1, 0.15) is 0 Å². The summed E-state index contributed by atoms with van der Waals surface area (Å²) in [6.45, 7) is 0. The highest BCUT2D eigenvalue weighted by atomic mass is 14.4. The van der Waals surface area contributed by atoms with Crippen molar-refractivity contribution in [1.82, 2.24) is 0 Å². The van der Waals surface area contributed by atoms with E-state index in [-0.39, 0.29) is 0 Å². The molecule has 1 saturated carbocycles. The third kappa shape index (κ3) is 6.55. The third-order valence-corrected chi connectivity index (χ3v) is 9.12. The Morgan fingerprint density at radius 1 is 0.259 bits per heavy atom. The van der Waals surface area contributed by atoms with Gasteiger partial charge in [0, 0.05) is 0 Å². The minimum atomic E-state index is 0.450. The van der Waals surface area contributed by atoms with Gasteiger partial charge < -0.3 is 0 Å². The predicted molar refractivity (Wildman–Crippen MR) is 205 cm³/mol. The first-order chi connectivity index (χ1) is 26.5. The number of hydrogen-bond acceptors (Lipinski definition) is 6. The van der Waals surface area contributed by atoms with Crippen LogP contribution in [0.3, 0.4) is 0 Å². The number of nitriles is 6. The van der Waals surface area contributed by atoms with Crippen LogP contribution in [0.15, 0.2) is 162 Å². The molecule has 246 valence electrons. The summed E-state index contributed by atoms with van der Waals surface area (Å²) in [5, 5.41) is 59.9. The number of rotatable bonds is 6. The maximum atomic E-state index is 9.99. The summed E-state index contributed by atoms with van der Waals surface area (Å²) < 4.78 is 0. The molecule has 0 heterocycles. The number of hydrogen-bond donors (Lipinski definition) is 0. The fraction of sp³-hybridized carbons (Fsp3) is 0. The Bertz CT molecular complexity index is 2390. The second-order valence-corrected chi connectivity index (χ2v) is 12.4. The van der Waals surface area contributed by atoms with Crippen LogP contribution < -0.4 is 0 Å². The summed E-state index contributed by atoms with van der Waals surface area (Å²) in [6.07, 6.45) is 0. The van der Waals surface area contributed by atoms with Crippen LogP contribution in [0, 0.1) is 68.0 Å². The summed E-state index contributed by atoms with van der Waals surface area (Å²) in [5.74, 6) is 0. The monoisotopic (exact) mass is 684 g/mol. The highest BCUT2D eigenvalue weighted by Gasteiger charge is 2.41. The zero-order valence-corrected chi connectivity index (χ0v) is 28.5.